The van der Waals surface area contributed by atoms with Crippen LogP contribution in [-0.2, 0) is 0 Å². The number of nitrogens with one attached hydrogen (secondary N) is 1. The van der Waals surface area contributed by atoms with Gasteiger partial charge in [-0.15, -0.1) is 0 Å². The van der Waals surface area contributed by atoms with Crippen LogP contribution in [0.2, 0.25) is 0 Å². The van der Waals surface area contributed by atoms with E-state index in [1.54, 1.807) is 5.57 Å². The lowest BCUT2D eigenvalue weighted by atomic mass is 9.68. The number of thiocarbonyl (C=S) groups is 1. The van der Waals surface area contributed by atoms with Gasteiger partial charge in [-0.05, 0) is 74.8 Å². The molecule has 3 saturated heterocycles. The van der Waals surface area contributed by atoms with Crippen molar-refractivity contribution in [3.63, 3.8) is 0 Å². The molecule has 5 aliphatic rings. The third kappa shape index (κ3) is 3.12. The Morgan fingerprint density at radius 3 is 3.00 bits per heavy atom. The van der Waals surface area contributed by atoms with Crippen molar-refractivity contribution >= 4 is 23.0 Å². The lowest BCUT2D eigenvalue weighted by Gasteiger charge is -2.55. The first kappa shape index (κ1) is 18.0. The summed E-state index contributed by atoms with van der Waals surface area (Å²) < 4.78 is 11.0. The van der Waals surface area contributed by atoms with Crippen LogP contribution in [0.1, 0.15) is 38.5 Å². The molecule has 0 amide bonds. The molecule has 1 N–H and O–H groups in total. The van der Waals surface area contributed by atoms with Crippen LogP contribution in [0.5, 0.6) is 11.5 Å². The predicted octanol–water partition coefficient (Wildman–Crippen LogP) is 4.01. The van der Waals surface area contributed by atoms with Gasteiger partial charge in [-0.25, -0.2) is 0 Å². The molecule has 6 rings (SSSR count). The van der Waals surface area contributed by atoms with Gasteiger partial charge in [0.15, 0.2) is 16.6 Å². The number of hydrogen-bond donors (Lipinski definition) is 1. The Labute approximate surface area is 178 Å². The van der Waals surface area contributed by atoms with Gasteiger partial charge in [0.25, 0.3) is 0 Å². The van der Waals surface area contributed by atoms with Gasteiger partial charge in [0.1, 0.15) is 0 Å². The fourth-order valence-electron chi connectivity index (χ4n) is 6.37. The SMILES string of the molecule is S=C(Nc1ccc2c(c1)OCO2)N1CCCC2=C[C@H]3C[C@H](CN4CCCC[C@H]34)[C@@H]21. The van der Waals surface area contributed by atoms with Crippen molar-refractivity contribution in [2.75, 3.05) is 31.7 Å². The highest BCUT2D eigenvalue weighted by Crippen LogP contribution is 2.45. The molecular weight excluding hydrogens is 382 g/mol. The maximum atomic E-state index is 5.92. The minimum atomic E-state index is 0.298. The maximum Gasteiger partial charge on any atom is 0.231 e. The lowest BCUT2D eigenvalue weighted by Crippen LogP contribution is -2.60. The van der Waals surface area contributed by atoms with Crippen molar-refractivity contribution in [2.24, 2.45) is 11.8 Å². The predicted molar refractivity (Wildman–Crippen MR) is 117 cm³/mol. The van der Waals surface area contributed by atoms with E-state index in [0.29, 0.717) is 18.8 Å². The first-order valence-electron chi connectivity index (χ1n) is 11.2. The average molecular weight is 412 g/mol. The molecule has 0 aromatic heterocycles. The van der Waals surface area contributed by atoms with Crippen molar-refractivity contribution in [3.05, 3.63) is 29.8 Å². The summed E-state index contributed by atoms with van der Waals surface area (Å²) in [7, 11) is 0. The second-order valence-corrected chi connectivity index (χ2v) is 9.59. The van der Waals surface area contributed by atoms with E-state index in [0.717, 1.165) is 40.8 Å². The Hall–Kier alpha value is -1.79. The van der Waals surface area contributed by atoms with Crippen molar-refractivity contribution in [1.82, 2.24) is 9.80 Å². The first-order chi connectivity index (χ1) is 14.3. The number of benzene rings is 1. The summed E-state index contributed by atoms with van der Waals surface area (Å²) in [6, 6.07) is 7.23. The van der Waals surface area contributed by atoms with E-state index >= 15 is 0 Å². The normalized spacial score (nSPS) is 32.8. The van der Waals surface area contributed by atoms with Gasteiger partial charge in [0.2, 0.25) is 6.79 Å². The molecule has 0 spiro atoms. The highest BCUT2D eigenvalue weighted by atomic mass is 32.1. The molecule has 4 aliphatic heterocycles. The zero-order valence-corrected chi connectivity index (χ0v) is 17.6. The molecular formula is C23H29N3O2S. The summed E-state index contributed by atoms with van der Waals surface area (Å²) >= 11 is 5.92. The van der Waals surface area contributed by atoms with Crippen LogP contribution in [-0.4, -0.2) is 53.4 Å². The second kappa shape index (κ2) is 7.17. The summed E-state index contributed by atoms with van der Waals surface area (Å²) in [5.74, 6) is 3.06. The number of piperidine rings is 3. The lowest BCUT2D eigenvalue weighted by molar-refractivity contribution is 0.0132. The number of fused-ring (bicyclic) bond motifs is 7. The second-order valence-electron chi connectivity index (χ2n) is 9.20. The molecule has 3 fully saturated rings. The third-order valence-electron chi connectivity index (χ3n) is 7.54. The largest absolute Gasteiger partial charge is 0.454 e. The molecule has 1 aromatic rings. The van der Waals surface area contributed by atoms with E-state index in [2.05, 4.69) is 21.2 Å². The molecule has 4 atom stereocenters. The molecule has 4 heterocycles. The number of hydrogen-bond acceptors (Lipinski definition) is 4. The highest BCUT2D eigenvalue weighted by molar-refractivity contribution is 7.80. The number of anilines is 1. The summed E-state index contributed by atoms with van der Waals surface area (Å²) in [6.07, 6.45) is 10.6. The van der Waals surface area contributed by atoms with Gasteiger partial charge in [-0.2, -0.15) is 0 Å². The average Bonchev–Trinajstić information content (AvgIpc) is 3.21. The van der Waals surface area contributed by atoms with Crippen molar-refractivity contribution in [2.45, 2.75) is 50.6 Å². The van der Waals surface area contributed by atoms with Crippen molar-refractivity contribution < 1.29 is 9.47 Å². The van der Waals surface area contributed by atoms with Crippen LogP contribution < -0.4 is 14.8 Å². The van der Waals surface area contributed by atoms with Crippen LogP contribution in [0.4, 0.5) is 5.69 Å². The Kier molecular flexibility index (Phi) is 4.45. The highest BCUT2D eigenvalue weighted by Gasteiger charge is 2.46. The van der Waals surface area contributed by atoms with Gasteiger partial charge in [0.05, 0.1) is 6.04 Å². The van der Waals surface area contributed by atoms with Gasteiger partial charge in [-0.3, -0.25) is 4.90 Å². The molecule has 6 heteroatoms. The van der Waals surface area contributed by atoms with Crippen LogP contribution >= 0.6 is 12.2 Å². The molecule has 1 aliphatic carbocycles. The van der Waals surface area contributed by atoms with Gasteiger partial charge >= 0.3 is 0 Å². The minimum Gasteiger partial charge on any atom is -0.454 e. The number of rotatable bonds is 1. The van der Waals surface area contributed by atoms with E-state index < -0.39 is 0 Å². The van der Waals surface area contributed by atoms with E-state index in [9.17, 15) is 0 Å². The van der Waals surface area contributed by atoms with E-state index in [4.69, 9.17) is 21.7 Å². The fraction of sp³-hybridized carbons (Fsp3) is 0.609. The van der Waals surface area contributed by atoms with Crippen LogP contribution in [0.25, 0.3) is 0 Å². The van der Waals surface area contributed by atoms with Crippen molar-refractivity contribution in [3.8, 4) is 11.5 Å². The molecule has 0 radical (unpaired) electrons. The minimum absolute atomic E-state index is 0.298. The molecule has 154 valence electrons. The van der Waals surface area contributed by atoms with E-state index in [1.807, 2.05) is 18.2 Å². The van der Waals surface area contributed by atoms with Crippen LogP contribution in [0.15, 0.2) is 29.8 Å². The standard InChI is InChI=1S/C23H29N3O2S/c29-23(24-18-6-7-20-21(12-18)28-14-27-20)26-9-3-4-15-10-16-11-17(22(15)26)13-25-8-2-1-5-19(16)25/h6-7,10,12,16-17,19,22H,1-5,8-9,11,13-14H2,(H,24,29)/t16-,17+,19+,22+/m0/s1. The number of ether oxygens (including phenoxy) is 2. The zero-order valence-electron chi connectivity index (χ0n) is 16.8. The Balaban J connectivity index is 1.24. The molecule has 0 saturated carbocycles. The molecule has 5 nitrogen and oxygen atoms in total. The third-order valence-corrected chi connectivity index (χ3v) is 7.88. The Bertz CT molecular complexity index is 857. The van der Waals surface area contributed by atoms with Crippen LogP contribution in [0.3, 0.4) is 0 Å². The van der Waals surface area contributed by atoms with Gasteiger partial charge < -0.3 is 19.7 Å². The molecule has 2 bridgehead atoms. The molecule has 1 aromatic carbocycles. The monoisotopic (exact) mass is 411 g/mol. The molecule has 0 unspecified atom stereocenters. The summed E-state index contributed by atoms with van der Waals surface area (Å²) in [5.41, 5.74) is 2.63. The first-order valence-corrected chi connectivity index (χ1v) is 11.6. The molecule has 29 heavy (non-hydrogen) atoms. The van der Waals surface area contributed by atoms with E-state index in [-0.39, 0.29) is 0 Å². The Morgan fingerprint density at radius 2 is 2.03 bits per heavy atom. The summed E-state index contributed by atoms with van der Waals surface area (Å²) in [6.45, 7) is 3.87. The summed E-state index contributed by atoms with van der Waals surface area (Å²) in [5, 5.41) is 4.33. The van der Waals surface area contributed by atoms with Crippen molar-refractivity contribution in [1.29, 1.82) is 0 Å². The van der Waals surface area contributed by atoms with Gasteiger partial charge in [-0.1, -0.05) is 18.1 Å². The number of likely N-dealkylation sites (tertiary alicyclic amines) is 1. The maximum absolute atomic E-state index is 5.92. The topological polar surface area (TPSA) is 37.0 Å². The number of nitrogens with zero attached hydrogens (tertiary/aromatic N) is 2. The van der Waals surface area contributed by atoms with Gasteiger partial charge in [0, 0.05) is 30.9 Å². The Morgan fingerprint density at radius 1 is 1.10 bits per heavy atom. The van der Waals surface area contributed by atoms with Crippen LogP contribution in [0, 0.1) is 11.8 Å². The zero-order chi connectivity index (χ0) is 19.4. The fourth-order valence-corrected chi connectivity index (χ4v) is 6.69. The quantitative estimate of drug-likeness (QED) is 0.556. The summed E-state index contributed by atoms with van der Waals surface area (Å²) in [4.78, 5) is 5.26. The smallest absolute Gasteiger partial charge is 0.231 e. The van der Waals surface area contributed by atoms with E-state index in [1.165, 1.54) is 51.6 Å².